The number of aromatic nitrogens is 1. The summed E-state index contributed by atoms with van der Waals surface area (Å²) < 4.78 is 6.34. The molecule has 0 aromatic carbocycles. The van der Waals surface area contributed by atoms with Crippen molar-refractivity contribution >= 4 is 5.91 Å². The molecule has 3 rings (SSSR count). The van der Waals surface area contributed by atoms with Gasteiger partial charge in [0.2, 0.25) is 5.88 Å². The molecule has 32 heavy (non-hydrogen) atoms. The maximum absolute atomic E-state index is 13.4. The fourth-order valence-electron chi connectivity index (χ4n) is 4.59. The summed E-state index contributed by atoms with van der Waals surface area (Å²) in [5.74, 6) is 6.44. The van der Waals surface area contributed by atoms with E-state index in [4.69, 9.17) is 4.74 Å². The monoisotopic (exact) mass is 443 g/mol. The average molecular weight is 444 g/mol. The van der Waals surface area contributed by atoms with Crippen LogP contribution in [-0.4, -0.2) is 82.4 Å². The van der Waals surface area contributed by atoms with Crippen LogP contribution in [0.4, 0.5) is 0 Å². The van der Waals surface area contributed by atoms with Crippen LogP contribution in [0, 0.1) is 23.7 Å². The molecule has 0 unspecified atom stereocenters. The number of nitrogens with zero attached hydrogens (tertiary/aromatic N) is 3. The average Bonchev–Trinajstić information content (AvgIpc) is 3.27. The van der Waals surface area contributed by atoms with Crippen LogP contribution in [0.25, 0.3) is 0 Å². The molecule has 1 saturated carbocycles. The Hall–Kier alpha value is -2.14. The molecule has 1 amide bonds. The number of carbonyl (C=O) groups is 1. The van der Waals surface area contributed by atoms with Gasteiger partial charge in [-0.2, -0.15) is 0 Å². The number of hydrogen-bond acceptors (Lipinski definition) is 6. The second kappa shape index (κ2) is 11.1. The van der Waals surface area contributed by atoms with Gasteiger partial charge in [0.15, 0.2) is 0 Å². The Labute approximate surface area is 191 Å². The van der Waals surface area contributed by atoms with Crippen molar-refractivity contribution in [1.82, 2.24) is 14.8 Å². The fourth-order valence-corrected chi connectivity index (χ4v) is 4.59. The summed E-state index contributed by atoms with van der Waals surface area (Å²) in [4.78, 5) is 21.8. The Kier molecular flexibility index (Phi) is 8.52. The van der Waals surface area contributed by atoms with E-state index in [0.29, 0.717) is 23.6 Å². The zero-order valence-corrected chi connectivity index (χ0v) is 19.8. The van der Waals surface area contributed by atoms with Crippen molar-refractivity contribution in [3.05, 3.63) is 23.4 Å². The largest absolute Gasteiger partial charge is 0.472 e. The summed E-state index contributed by atoms with van der Waals surface area (Å²) in [6.45, 7) is 7.70. The van der Waals surface area contributed by atoms with Gasteiger partial charge in [-0.05, 0) is 45.7 Å². The molecule has 1 aromatic heterocycles. The van der Waals surface area contributed by atoms with Crippen molar-refractivity contribution in [2.75, 3.05) is 33.3 Å². The van der Waals surface area contributed by atoms with Crippen molar-refractivity contribution in [2.24, 2.45) is 11.8 Å². The highest BCUT2D eigenvalue weighted by Gasteiger charge is 2.34. The Bertz CT molecular complexity index is 841. The summed E-state index contributed by atoms with van der Waals surface area (Å²) in [5, 5.41) is 19.2. The van der Waals surface area contributed by atoms with Gasteiger partial charge in [-0.1, -0.05) is 31.6 Å². The predicted octanol–water partition coefficient (Wildman–Crippen LogP) is 2.16. The molecule has 1 aromatic rings. The summed E-state index contributed by atoms with van der Waals surface area (Å²) in [7, 11) is 2.13. The van der Waals surface area contributed by atoms with Crippen LogP contribution in [0.3, 0.4) is 0 Å². The molecule has 4 atom stereocenters. The van der Waals surface area contributed by atoms with Gasteiger partial charge in [-0.15, -0.1) is 0 Å². The van der Waals surface area contributed by atoms with Gasteiger partial charge < -0.3 is 24.7 Å². The molecule has 0 saturated heterocycles. The second-order valence-electron chi connectivity index (χ2n) is 9.52. The first kappa shape index (κ1) is 24.5. The van der Waals surface area contributed by atoms with Crippen LogP contribution in [0.5, 0.6) is 5.88 Å². The first-order valence-electron chi connectivity index (χ1n) is 11.7. The molecular weight excluding hydrogens is 406 g/mol. The molecular formula is C25H37N3O4. The summed E-state index contributed by atoms with van der Waals surface area (Å²) in [5.41, 5.74) is 0.889. The van der Waals surface area contributed by atoms with E-state index >= 15 is 0 Å². The fraction of sp³-hybridized carbons (Fsp3) is 0.680. The van der Waals surface area contributed by atoms with E-state index in [9.17, 15) is 15.0 Å². The third-order valence-electron chi connectivity index (χ3n) is 6.48. The van der Waals surface area contributed by atoms with E-state index in [1.54, 1.807) is 24.1 Å². The van der Waals surface area contributed by atoms with Crippen molar-refractivity contribution < 1.29 is 19.7 Å². The lowest BCUT2D eigenvalue weighted by Gasteiger charge is -2.38. The molecule has 2 N–H and O–H groups in total. The van der Waals surface area contributed by atoms with Gasteiger partial charge in [-0.25, -0.2) is 4.98 Å². The van der Waals surface area contributed by atoms with Crippen LogP contribution < -0.4 is 4.74 Å². The van der Waals surface area contributed by atoms with Gasteiger partial charge in [0.25, 0.3) is 5.91 Å². The number of fused-ring (bicyclic) bond motifs is 1. The lowest BCUT2D eigenvalue weighted by atomic mass is 9.99. The third kappa shape index (κ3) is 6.22. The summed E-state index contributed by atoms with van der Waals surface area (Å²) in [6, 6.07) is 1.35. The lowest BCUT2D eigenvalue weighted by molar-refractivity contribution is 0.0320. The van der Waals surface area contributed by atoms with Gasteiger partial charge in [-0.3, -0.25) is 4.79 Å². The van der Waals surface area contributed by atoms with E-state index in [0.717, 1.165) is 19.0 Å². The number of amides is 1. The first-order chi connectivity index (χ1) is 15.3. The standard InChI is InChI=1S/C25H37N3O4/c1-17-13-28(18(2)16-29)25(31)22-11-21(10-9-19(3)30)12-26-24(22)32-23(17)15-27(4)14-20-7-5-6-8-20/h11-12,17-20,23,29-30H,5-8,13-16H2,1-4H3/t17-,18-,19+,23+/m1/s1. The zero-order valence-electron chi connectivity index (χ0n) is 19.8. The number of aliphatic hydroxyl groups is 2. The summed E-state index contributed by atoms with van der Waals surface area (Å²) >= 11 is 0. The SMILES string of the molecule is C[C@H](O)C#Cc1cnc2c(c1)C(=O)N([C@H](C)CO)C[C@@H](C)[C@H](CN(C)CC1CCCC1)O2. The van der Waals surface area contributed by atoms with Gasteiger partial charge in [0, 0.05) is 37.3 Å². The van der Waals surface area contributed by atoms with E-state index in [1.165, 1.54) is 25.7 Å². The topological polar surface area (TPSA) is 86.1 Å². The molecule has 176 valence electrons. The Morgan fingerprint density at radius 3 is 2.69 bits per heavy atom. The number of pyridine rings is 1. The molecule has 1 fully saturated rings. The molecule has 0 spiro atoms. The molecule has 0 radical (unpaired) electrons. The van der Waals surface area contributed by atoms with Crippen molar-refractivity contribution in [3.8, 4) is 17.7 Å². The Morgan fingerprint density at radius 1 is 1.31 bits per heavy atom. The van der Waals surface area contributed by atoms with Crippen LogP contribution in [0.1, 0.15) is 62.4 Å². The number of likely N-dealkylation sites (N-methyl/N-ethyl adjacent to an activating group) is 1. The van der Waals surface area contributed by atoms with E-state index < -0.39 is 6.10 Å². The maximum Gasteiger partial charge on any atom is 0.259 e. The minimum Gasteiger partial charge on any atom is -0.472 e. The van der Waals surface area contributed by atoms with Crippen LogP contribution in [-0.2, 0) is 0 Å². The highest BCUT2D eigenvalue weighted by molar-refractivity contribution is 5.97. The second-order valence-corrected chi connectivity index (χ2v) is 9.52. The maximum atomic E-state index is 13.4. The Morgan fingerprint density at radius 2 is 2.03 bits per heavy atom. The smallest absolute Gasteiger partial charge is 0.259 e. The highest BCUT2D eigenvalue weighted by atomic mass is 16.5. The molecule has 1 aliphatic carbocycles. The molecule has 7 nitrogen and oxygen atoms in total. The van der Waals surface area contributed by atoms with Gasteiger partial charge >= 0.3 is 0 Å². The third-order valence-corrected chi connectivity index (χ3v) is 6.48. The molecule has 2 aliphatic rings. The zero-order chi connectivity index (χ0) is 23.3. The van der Waals surface area contributed by atoms with E-state index in [-0.39, 0.29) is 30.6 Å². The molecule has 2 heterocycles. The van der Waals surface area contributed by atoms with Crippen molar-refractivity contribution in [1.29, 1.82) is 0 Å². The minimum absolute atomic E-state index is 0.0728. The summed E-state index contributed by atoms with van der Waals surface area (Å²) in [6.07, 6.45) is 5.90. The van der Waals surface area contributed by atoms with Gasteiger partial charge in [0.05, 0.1) is 12.6 Å². The quantitative estimate of drug-likeness (QED) is 0.656. The van der Waals surface area contributed by atoms with Crippen LogP contribution in [0.2, 0.25) is 0 Å². The molecule has 7 heteroatoms. The lowest BCUT2D eigenvalue weighted by Crippen LogP contribution is -2.50. The molecule has 0 bridgehead atoms. The number of rotatable bonds is 6. The van der Waals surface area contributed by atoms with Crippen molar-refractivity contribution in [3.63, 3.8) is 0 Å². The number of ether oxygens (including phenoxy) is 1. The predicted molar refractivity (Wildman–Crippen MR) is 123 cm³/mol. The van der Waals surface area contributed by atoms with Crippen LogP contribution in [0.15, 0.2) is 12.3 Å². The minimum atomic E-state index is -0.768. The highest BCUT2D eigenvalue weighted by Crippen LogP contribution is 2.29. The van der Waals surface area contributed by atoms with Crippen LogP contribution >= 0.6 is 0 Å². The normalized spacial score (nSPS) is 23.6. The van der Waals surface area contributed by atoms with Gasteiger partial charge in [0.1, 0.15) is 17.8 Å². The van der Waals surface area contributed by atoms with E-state index in [2.05, 4.69) is 35.7 Å². The Balaban J connectivity index is 1.88. The number of aliphatic hydroxyl groups excluding tert-OH is 2. The number of hydrogen-bond donors (Lipinski definition) is 2. The first-order valence-corrected chi connectivity index (χ1v) is 11.7. The number of carbonyl (C=O) groups excluding carboxylic acids is 1. The molecule has 1 aliphatic heterocycles. The van der Waals surface area contributed by atoms with E-state index in [1.807, 2.05) is 6.92 Å². The van der Waals surface area contributed by atoms with Crippen molar-refractivity contribution in [2.45, 2.75) is 64.7 Å².